The summed E-state index contributed by atoms with van der Waals surface area (Å²) < 4.78 is 7.81. The molecule has 132 valence electrons. The van der Waals surface area contributed by atoms with Crippen LogP contribution < -0.4 is 10.6 Å². The summed E-state index contributed by atoms with van der Waals surface area (Å²) in [5.74, 6) is -0.0382. The molecule has 3 aliphatic rings. The third kappa shape index (κ3) is 2.65. The summed E-state index contributed by atoms with van der Waals surface area (Å²) in [6.07, 6.45) is 9.08. The van der Waals surface area contributed by atoms with Gasteiger partial charge in [0.2, 0.25) is 0 Å². The fraction of sp³-hybridized carbons (Fsp3) is 0.778. The Hall–Kier alpha value is -1.40. The third-order valence-electron chi connectivity index (χ3n) is 6.23. The highest BCUT2D eigenvalue weighted by molar-refractivity contribution is 5.92. The van der Waals surface area contributed by atoms with Crippen LogP contribution in [0, 0.1) is 5.41 Å². The van der Waals surface area contributed by atoms with E-state index in [0.29, 0.717) is 17.8 Å². The van der Waals surface area contributed by atoms with Crippen LogP contribution >= 0.6 is 0 Å². The molecule has 3 fully saturated rings. The van der Waals surface area contributed by atoms with Crippen molar-refractivity contribution < 1.29 is 9.53 Å². The lowest BCUT2D eigenvalue weighted by Gasteiger charge is -2.60. The van der Waals surface area contributed by atoms with Gasteiger partial charge in [-0.2, -0.15) is 5.10 Å². The van der Waals surface area contributed by atoms with Crippen molar-refractivity contribution >= 4 is 5.91 Å². The molecule has 1 aromatic heterocycles. The summed E-state index contributed by atoms with van der Waals surface area (Å²) in [5, 5.41) is 11.1. The van der Waals surface area contributed by atoms with Crippen molar-refractivity contribution in [1.29, 1.82) is 0 Å². The molecule has 1 saturated heterocycles. The summed E-state index contributed by atoms with van der Waals surface area (Å²) in [4.78, 5) is 12.6. The predicted molar refractivity (Wildman–Crippen MR) is 90.9 cm³/mol. The zero-order valence-electron chi connectivity index (χ0n) is 14.5. The maximum Gasteiger partial charge on any atom is 0.272 e. The zero-order valence-corrected chi connectivity index (χ0v) is 14.5. The van der Waals surface area contributed by atoms with Crippen molar-refractivity contribution in [3.05, 3.63) is 18.0 Å². The predicted octanol–water partition coefficient (Wildman–Crippen LogP) is 1.89. The highest BCUT2D eigenvalue weighted by Crippen LogP contribution is 2.57. The van der Waals surface area contributed by atoms with Gasteiger partial charge in [-0.1, -0.05) is 6.42 Å². The van der Waals surface area contributed by atoms with Crippen LogP contribution in [0.1, 0.15) is 62.0 Å². The van der Waals surface area contributed by atoms with Crippen LogP contribution in [0.4, 0.5) is 0 Å². The molecule has 6 heteroatoms. The first kappa shape index (κ1) is 16.1. The Balaban J connectivity index is 1.37. The van der Waals surface area contributed by atoms with E-state index in [1.807, 2.05) is 23.9 Å². The van der Waals surface area contributed by atoms with E-state index in [-0.39, 0.29) is 17.4 Å². The second-order valence-corrected chi connectivity index (χ2v) is 7.47. The van der Waals surface area contributed by atoms with Crippen LogP contribution in [-0.4, -0.2) is 47.5 Å². The monoisotopic (exact) mass is 332 g/mol. The number of piperidine rings is 1. The first-order valence-electron chi connectivity index (χ1n) is 9.41. The minimum absolute atomic E-state index is 0.0382. The number of hydrogen-bond acceptors (Lipinski definition) is 4. The van der Waals surface area contributed by atoms with Gasteiger partial charge in [0.25, 0.3) is 5.91 Å². The van der Waals surface area contributed by atoms with E-state index in [4.69, 9.17) is 4.74 Å². The molecule has 1 amide bonds. The number of amides is 1. The molecule has 1 spiro atoms. The number of hydrogen-bond donors (Lipinski definition) is 2. The standard InChI is InChI=1S/C18H28N4O2/c1-2-24-16-11-15(18(16)7-4-8-18)20-17(23)14-6-10-22(21-14)13-5-3-9-19-12-13/h6,10,13,15-16,19H,2-5,7-9,11-12H2,1H3,(H,20,23). The van der Waals surface area contributed by atoms with E-state index in [1.54, 1.807) is 0 Å². The smallest absolute Gasteiger partial charge is 0.272 e. The van der Waals surface area contributed by atoms with Crippen LogP contribution in [-0.2, 0) is 4.74 Å². The van der Waals surface area contributed by atoms with Crippen LogP contribution in [0.2, 0.25) is 0 Å². The number of ether oxygens (including phenoxy) is 1. The number of aromatic nitrogens is 2. The number of nitrogens with zero attached hydrogens (tertiary/aromatic N) is 2. The second-order valence-electron chi connectivity index (χ2n) is 7.47. The SMILES string of the molecule is CCOC1CC(NC(=O)c2ccn(C3CCCNC3)n2)C12CCC2. The average molecular weight is 332 g/mol. The van der Waals surface area contributed by atoms with Crippen LogP contribution in [0.5, 0.6) is 0 Å². The van der Waals surface area contributed by atoms with E-state index in [0.717, 1.165) is 39.0 Å². The van der Waals surface area contributed by atoms with Gasteiger partial charge < -0.3 is 15.4 Å². The molecular weight excluding hydrogens is 304 g/mol. The van der Waals surface area contributed by atoms with Crippen molar-refractivity contribution in [3.63, 3.8) is 0 Å². The molecule has 6 nitrogen and oxygen atoms in total. The van der Waals surface area contributed by atoms with E-state index in [1.165, 1.54) is 19.3 Å². The van der Waals surface area contributed by atoms with Gasteiger partial charge in [0.15, 0.2) is 0 Å². The van der Waals surface area contributed by atoms with Gasteiger partial charge in [-0.25, -0.2) is 0 Å². The summed E-state index contributed by atoms with van der Waals surface area (Å²) >= 11 is 0. The maximum atomic E-state index is 12.6. The van der Waals surface area contributed by atoms with Gasteiger partial charge >= 0.3 is 0 Å². The van der Waals surface area contributed by atoms with Gasteiger partial charge in [0.05, 0.1) is 12.1 Å². The first-order valence-corrected chi connectivity index (χ1v) is 9.41. The van der Waals surface area contributed by atoms with Crippen molar-refractivity contribution in [1.82, 2.24) is 20.4 Å². The van der Waals surface area contributed by atoms with Crippen LogP contribution in [0.3, 0.4) is 0 Å². The Labute approximate surface area is 143 Å². The molecule has 4 rings (SSSR count). The van der Waals surface area contributed by atoms with E-state index in [9.17, 15) is 4.79 Å². The Morgan fingerprint density at radius 2 is 2.38 bits per heavy atom. The maximum absolute atomic E-state index is 12.6. The van der Waals surface area contributed by atoms with Crippen molar-refractivity contribution in [2.75, 3.05) is 19.7 Å². The number of carbonyl (C=O) groups is 1. The average Bonchev–Trinajstić information content (AvgIpc) is 3.03. The highest BCUT2D eigenvalue weighted by atomic mass is 16.5. The van der Waals surface area contributed by atoms with E-state index in [2.05, 4.69) is 15.7 Å². The molecule has 0 aromatic carbocycles. The molecule has 1 aromatic rings. The topological polar surface area (TPSA) is 68.2 Å². The Kier molecular flexibility index (Phi) is 4.35. The third-order valence-corrected chi connectivity index (χ3v) is 6.23. The van der Waals surface area contributed by atoms with Gasteiger partial charge in [-0.15, -0.1) is 0 Å². The van der Waals surface area contributed by atoms with Crippen molar-refractivity contribution in [3.8, 4) is 0 Å². The second kappa shape index (κ2) is 6.48. The van der Waals surface area contributed by atoms with Gasteiger partial charge in [-0.05, 0) is 51.6 Å². The summed E-state index contributed by atoms with van der Waals surface area (Å²) in [7, 11) is 0. The molecule has 2 aliphatic carbocycles. The molecular formula is C18H28N4O2. The van der Waals surface area contributed by atoms with Crippen molar-refractivity contribution in [2.45, 2.75) is 63.6 Å². The zero-order chi connectivity index (χ0) is 16.6. The summed E-state index contributed by atoms with van der Waals surface area (Å²) in [6, 6.07) is 2.46. The molecule has 3 unspecified atom stereocenters. The molecule has 1 aliphatic heterocycles. The molecule has 24 heavy (non-hydrogen) atoms. The van der Waals surface area contributed by atoms with E-state index >= 15 is 0 Å². The lowest BCUT2D eigenvalue weighted by molar-refractivity contribution is -0.169. The number of nitrogens with one attached hydrogen (secondary N) is 2. The number of carbonyl (C=O) groups excluding carboxylic acids is 1. The first-order chi connectivity index (χ1) is 11.7. The Morgan fingerprint density at radius 3 is 3.04 bits per heavy atom. The number of rotatable bonds is 5. The fourth-order valence-corrected chi connectivity index (χ4v) is 4.59. The minimum Gasteiger partial charge on any atom is -0.378 e. The normalized spacial score (nSPS) is 31.3. The van der Waals surface area contributed by atoms with Crippen LogP contribution in [0.15, 0.2) is 12.3 Å². The molecule has 2 N–H and O–H groups in total. The van der Waals surface area contributed by atoms with Crippen LogP contribution in [0.25, 0.3) is 0 Å². The Bertz CT molecular complexity index is 590. The fourth-order valence-electron chi connectivity index (χ4n) is 4.59. The molecule has 0 radical (unpaired) electrons. The lowest BCUT2D eigenvalue weighted by atomic mass is 9.51. The quantitative estimate of drug-likeness (QED) is 0.864. The van der Waals surface area contributed by atoms with Gasteiger partial charge in [0, 0.05) is 30.8 Å². The van der Waals surface area contributed by atoms with Crippen molar-refractivity contribution in [2.24, 2.45) is 5.41 Å². The van der Waals surface area contributed by atoms with Gasteiger partial charge in [0.1, 0.15) is 5.69 Å². The minimum atomic E-state index is -0.0382. The largest absolute Gasteiger partial charge is 0.378 e. The molecule has 3 atom stereocenters. The lowest BCUT2D eigenvalue weighted by Crippen LogP contribution is -2.67. The highest BCUT2D eigenvalue weighted by Gasteiger charge is 2.59. The van der Waals surface area contributed by atoms with E-state index < -0.39 is 0 Å². The molecule has 2 saturated carbocycles. The van der Waals surface area contributed by atoms with Gasteiger partial charge in [-0.3, -0.25) is 9.48 Å². The summed E-state index contributed by atoms with van der Waals surface area (Å²) in [6.45, 7) is 4.82. The Morgan fingerprint density at radius 1 is 1.50 bits per heavy atom. The summed E-state index contributed by atoms with van der Waals surface area (Å²) in [5.41, 5.74) is 0.733. The molecule has 0 bridgehead atoms. The molecule has 2 heterocycles.